The van der Waals surface area contributed by atoms with E-state index in [-0.39, 0.29) is 5.91 Å². The van der Waals surface area contributed by atoms with Gasteiger partial charge in [-0.3, -0.25) is 4.79 Å². The van der Waals surface area contributed by atoms with Crippen molar-refractivity contribution in [2.24, 2.45) is 0 Å². The van der Waals surface area contributed by atoms with Gasteiger partial charge >= 0.3 is 0 Å². The minimum Gasteiger partial charge on any atom is -0.497 e. The predicted octanol–water partition coefficient (Wildman–Crippen LogP) is 4.26. The second kappa shape index (κ2) is 7.07. The molecule has 0 unspecified atom stereocenters. The number of benzene rings is 2. The SMILES string of the molecule is CCCn1nc(NC(=O)c2ccc(OC)cc2)c2cc3ccccc3nc21. The van der Waals surface area contributed by atoms with Gasteiger partial charge in [-0.25, -0.2) is 9.67 Å². The second-order valence-corrected chi connectivity index (χ2v) is 6.31. The number of carbonyl (C=O) groups excluding carboxylic acids is 1. The van der Waals surface area contributed by atoms with Gasteiger partial charge in [-0.15, -0.1) is 0 Å². The number of methoxy groups -OCH3 is 1. The van der Waals surface area contributed by atoms with Gasteiger partial charge in [0.15, 0.2) is 11.5 Å². The first-order valence-electron chi connectivity index (χ1n) is 8.91. The van der Waals surface area contributed by atoms with Crippen LogP contribution in [0.1, 0.15) is 23.7 Å². The lowest BCUT2D eigenvalue weighted by Crippen LogP contribution is -2.12. The Balaban J connectivity index is 1.75. The van der Waals surface area contributed by atoms with E-state index < -0.39 is 0 Å². The highest BCUT2D eigenvalue weighted by molar-refractivity contribution is 6.08. The number of amides is 1. The molecule has 4 rings (SSSR count). The van der Waals surface area contributed by atoms with E-state index in [0.29, 0.717) is 17.1 Å². The van der Waals surface area contributed by atoms with Crippen molar-refractivity contribution in [2.75, 3.05) is 12.4 Å². The fourth-order valence-corrected chi connectivity index (χ4v) is 3.08. The van der Waals surface area contributed by atoms with Crippen LogP contribution in [0.15, 0.2) is 54.6 Å². The van der Waals surface area contributed by atoms with Crippen molar-refractivity contribution in [3.8, 4) is 5.75 Å². The van der Waals surface area contributed by atoms with Crippen LogP contribution in [-0.2, 0) is 6.54 Å². The second-order valence-electron chi connectivity index (χ2n) is 6.31. The van der Waals surface area contributed by atoms with Gasteiger partial charge < -0.3 is 10.1 Å². The highest BCUT2D eigenvalue weighted by atomic mass is 16.5. The number of para-hydroxylation sites is 1. The normalized spacial score (nSPS) is 11.0. The molecule has 0 aliphatic heterocycles. The van der Waals surface area contributed by atoms with E-state index in [9.17, 15) is 4.79 Å². The molecule has 0 atom stereocenters. The smallest absolute Gasteiger partial charge is 0.256 e. The maximum Gasteiger partial charge on any atom is 0.256 e. The largest absolute Gasteiger partial charge is 0.497 e. The van der Waals surface area contributed by atoms with E-state index in [4.69, 9.17) is 9.72 Å². The summed E-state index contributed by atoms with van der Waals surface area (Å²) in [4.78, 5) is 17.4. The summed E-state index contributed by atoms with van der Waals surface area (Å²) in [7, 11) is 1.60. The number of aryl methyl sites for hydroxylation is 1. The van der Waals surface area contributed by atoms with Crippen molar-refractivity contribution in [1.82, 2.24) is 14.8 Å². The summed E-state index contributed by atoms with van der Waals surface area (Å²) in [5.41, 5.74) is 2.23. The third-order valence-corrected chi connectivity index (χ3v) is 4.44. The average molecular weight is 360 g/mol. The zero-order valence-corrected chi connectivity index (χ0v) is 15.3. The number of nitrogens with one attached hydrogen (secondary N) is 1. The summed E-state index contributed by atoms with van der Waals surface area (Å²) in [5, 5.41) is 9.38. The van der Waals surface area contributed by atoms with Crippen LogP contribution in [0.3, 0.4) is 0 Å². The zero-order valence-electron chi connectivity index (χ0n) is 15.3. The molecule has 0 aliphatic rings. The first-order valence-corrected chi connectivity index (χ1v) is 8.91. The predicted molar refractivity (Wildman–Crippen MR) is 106 cm³/mol. The summed E-state index contributed by atoms with van der Waals surface area (Å²) >= 11 is 0. The van der Waals surface area contributed by atoms with Crippen molar-refractivity contribution >= 4 is 33.7 Å². The number of anilines is 1. The Labute approximate surface area is 156 Å². The van der Waals surface area contributed by atoms with Crippen LogP contribution in [0.25, 0.3) is 21.9 Å². The molecule has 0 saturated heterocycles. The maximum atomic E-state index is 12.7. The molecule has 2 heterocycles. The third-order valence-electron chi connectivity index (χ3n) is 4.44. The zero-order chi connectivity index (χ0) is 18.8. The number of hydrogen-bond acceptors (Lipinski definition) is 4. The van der Waals surface area contributed by atoms with Gasteiger partial charge in [0.2, 0.25) is 0 Å². The third kappa shape index (κ3) is 3.21. The Kier molecular flexibility index (Phi) is 4.46. The quantitative estimate of drug-likeness (QED) is 0.577. The minimum absolute atomic E-state index is 0.214. The number of fused-ring (bicyclic) bond motifs is 2. The Hall–Kier alpha value is -3.41. The molecule has 1 N–H and O–H groups in total. The Morgan fingerprint density at radius 2 is 1.93 bits per heavy atom. The number of nitrogens with zero attached hydrogens (tertiary/aromatic N) is 3. The van der Waals surface area contributed by atoms with E-state index in [1.54, 1.807) is 31.4 Å². The monoisotopic (exact) mass is 360 g/mol. The van der Waals surface area contributed by atoms with Crippen LogP contribution in [0.2, 0.25) is 0 Å². The Morgan fingerprint density at radius 3 is 2.67 bits per heavy atom. The molecule has 2 aromatic heterocycles. The highest BCUT2D eigenvalue weighted by Crippen LogP contribution is 2.26. The minimum atomic E-state index is -0.214. The van der Waals surface area contributed by atoms with Gasteiger partial charge in [0.05, 0.1) is 18.0 Å². The Bertz CT molecular complexity index is 1120. The molecule has 4 aromatic rings. The van der Waals surface area contributed by atoms with Crippen molar-refractivity contribution in [1.29, 1.82) is 0 Å². The lowest BCUT2D eigenvalue weighted by molar-refractivity contribution is 0.102. The van der Waals surface area contributed by atoms with Gasteiger partial charge in [0.1, 0.15) is 5.75 Å². The number of aromatic nitrogens is 3. The van der Waals surface area contributed by atoms with Crippen molar-refractivity contribution in [3.05, 3.63) is 60.2 Å². The van der Waals surface area contributed by atoms with Crippen LogP contribution < -0.4 is 10.1 Å². The van der Waals surface area contributed by atoms with Crippen LogP contribution in [0.5, 0.6) is 5.75 Å². The summed E-state index contributed by atoms with van der Waals surface area (Å²) in [5.74, 6) is 1.02. The van der Waals surface area contributed by atoms with Gasteiger partial charge in [-0.2, -0.15) is 5.10 Å². The molecule has 6 heteroatoms. The lowest BCUT2D eigenvalue weighted by Gasteiger charge is -2.04. The summed E-state index contributed by atoms with van der Waals surface area (Å²) < 4.78 is 6.99. The van der Waals surface area contributed by atoms with Crippen LogP contribution in [0.4, 0.5) is 5.82 Å². The molecule has 27 heavy (non-hydrogen) atoms. The van der Waals surface area contributed by atoms with Gasteiger partial charge in [0, 0.05) is 17.5 Å². The van der Waals surface area contributed by atoms with Crippen molar-refractivity contribution in [2.45, 2.75) is 19.9 Å². The van der Waals surface area contributed by atoms with E-state index in [2.05, 4.69) is 17.3 Å². The molecule has 0 bridgehead atoms. The molecule has 1 amide bonds. The molecule has 2 aromatic carbocycles. The fraction of sp³-hybridized carbons (Fsp3) is 0.190. The highest BCUT2D eigenvalue weighted by Gasteiger charge is 2.16. The maximum absolute atomic E-state index is 12.7. The first-order chi connectivity index (χ1) is 13.2. The van der Waals surface area contributed by atoms with Gasteiger partial charge in [-0.1, -0.05) is 25.1 Å². The van der Waals surface area contributed by atoms with E-state index in [1.165, 1.54) is 0 Å². The van der Waals surface area contributed by atoms with Crippen LogP contribution >= 0.6 is 0 Å². The summed E-state index contributed by atoms with van der Waals surface area (Å²) in [6, 6.07) is 16.9. The number of pyridine rings is 1. The van der Waals surface area contributed by atoms with Crippen LogP contribution in [-0.4, -0.2) is 27.8 Å². The van der Waals surface area contributed by atoms with E-state index in [1.807, 2.05) is 35.0 Å². The summed E-state index contributed by atoms with van der Waals surface area (Å²) in [6.45, 7) is 2.82. The molecule has 136 valence electrons. The van der Waals surface area contributed by atoms with E-state index in [0.717, 1.165) is 34.9 Å². The lowest BCUT2D eigenvalue weighted by atomic mass is 10.2. The molecule has 6 nitrogen and oxygen atoms in total. The van der Waals surface area contributed by atoms with E-state index >= 15 is 0 Å². The molecule has 0 fully saturated rings. The molecule has 0 spiro atoms. The fourth-order valence-electron chi connectivity index (χ4n) is 3.08. The van der Waals surface area contributed by atoms with Gasteiger partial charge in [0.25, 0.3) is 5.91 Å². The molecular weight excluding hydrogens is 340 g/mol. The first kappa shape index (κ1) is 17.0. The number of ether oxygens (including phenoxy) is 1. The summed E-state index contributed by atoms with van der Waals surface area (Å²) in [6.07, 6.45) is 0.928. The standard InChI is InChI=1S/C21H20N4O2/c1-3-12-25-20-17(13-15-6-4-5-7-18(15)22-20)19(24-25)23-21(26)14-8-10-16(27-2)11-9-14/h4-11,13H,3,12H2,1-2H3,(H,23,24,26). The van der Waals surface area contributed by atoms with Crippen LogP contribution in [0, 0.1) is 0 Å². The number of carbonyl (C=O) groups is 1. The molecule has 0 saturated carbocycles. The molecular formula is C21H20N4O2. The number of hydrogen-bond donors (Lipinski definition) is 1. The van der Waals surface area contributed by atoms with Gasteiger partial charge in [-0.05, 0) is 42.8 Å². The molecule has 0 radical (unpaired) electrons. The topological polar surface area (TPSA) is 69.0 Å². The Morgan fingerprint density at radius 1 is 1.15 bits per heavy atom. The van der Waals surface area contributed by atoms with Crippen molar-refractivity contribution in [3.63, 3.8) is 0 Å². The molecule has 0 aliphatic carbocycles. The average Bonchev–Trinajstić information content (AvgIpc) is 3.03. The van der Waals surface area contributed by atoms with Crippen molar-refractivity contribution < 1.29 is 9.53 Å². The number of rotatable bonds is 5.